The summed E-state index contributed by atoms with van der Waals surface area (Å²) >= 11 is 0. The van der Waals surface area contributed by atoms with Crippen LogP contribution in [-0.4, -0.2) is 12.1 Å². The van der Waals surface area contributed by atoms with Gasteiger partial charge in [-0.3, -0.25) is 0 Å². The molecule has 2 rings (SSSR count). The maximum atomic E-state index is 5.91. The van der Waals surface area contributed by atoms with E-state index < -0.39 is 0 Å². The molecule has 1 aromatic carbocycles. The summed E-state index contributed by atoms with van der Waals surface area (Å²) in [5.41, 5.74) is 2.41. The van der Waals surface area contributed by atoms with Crippen LogP contribution < -0.4 is 10.1 Å². The fraction of sp³-hybridized carbons (Fsp3) is 0.500. The highest BCUT2D eigenvalue weighted by molar-refractivity contribution is 5.63. The summed E-state index contributed by atoms with van der Waals surface area (Å²) in [7, 11) is 0. The van der Waals surface area contributed by atoms with E-state index in [0.29, 0.717) is 12.1 Å². The van der Waals surface area contributed by atoms with Crippen LogP contribution in [0.15, 0.2) is 18.2 Å². The molecule has 0 spiro atoms. The molecular weight excluding hydrogens is 174 g/mol. The highest BCUT2D eigenvalue weighted by atomic mass is 16.5. The molecule has 0 amide bonds. The van der Waals surface area contributed by atoms with Gasteiger partial charge >= 0.3 is 0 Å². The molecule has 1 N–H and O–H groups in total. The Bertz CT molecular complexity index is 335. The van der Waals surface area contributed by atoms with Crippen molar-refractivity contribution < 1.29 is 4.74 Å². The number of aryl methyl sites for hydroxylation is 1. The first-order chi connectivity index (χ1) is 6.72. The van der Waals surface area contributed by atoms with Gasteiger partial charge in [-0.2, -0.15) is 0 Å². The van der Waals surface area contributed by atoms with Crippen LogP contribution in [0, 0.1) is 6.92 Å². The monoisotopic (exact) mass is 191 g/mol. The molecule has 2 heteroatoms. The van der Waals surface area contributed by atoms with E-state index in [9.17, 15) is 0 Å². The van der Waals surface area contributed by atoms with Gasteiger partial charge in [-0.25, -0.2) is 0 Å². The third-order valence-electron chi connectivity index (χ3n) is 2.84. The van der Waals surface area contributed by atoms with E-state index in [1.54, 1.807) is 0 Å². The van der Waals surface area contributed by atoms with Crippen LogP contribution in [0.2, 0.25) is 0 Å². The Labute approximate surface area is 85.3 Å². The number of ether oxygens (including phenoxy) is 1. The minimum absolute atomic E-state index is 0.296. The first-order valence-corrected chi connectivity index (χ1v) is 5.25. The van der Waals surface area contributed by atoms with Crippen LogP contribution in [0.25, 0.3) is 0 Å². The molecule has 2 unspecified atom stereocenters. The largest absolute Gasteiger partial charge is 0.486 e. The molecule has 1 aliphatic rings. The minimum Gasteiger partial charge on any atom is -0.486 e. The lowest BCUT2D eigenvalue weighted by molar-refractivity contribution is 0.170. The highest BCUT2D eigenvalue weighted by Gasteiger charge is 2.25. The number of para-hydroxylation sites is 1. The van der Waals surface area contributed by atoms with Crippen LogP contribution in [0.1, 0.15) is 25.8 Å². The Morgan fingerprint density at radius 2 is 2.21 bits per heavy atom. The van der Waals surface area contributed by atoms with E-state index in [4.69, 9.17) is 4.74 Å². The number of hydrogen-bond donors (Lipinski definition) is 1. The van der Waals surface area contributed by atoms with Gasteiger partial charge in [0.2, 0.25) is 0 Å². The van der Waals surface area contributed by atoms with Gasteiger partial charge in [-0.15, -0.1) is 0 Å². The van der Waals surface area contributed by atoms with Gasteiger partial charge in [-0.05, 0) is 31.9 Å². The van der Waals surface area contributed by atoms with E-state index >= 15 is 0 Å². The van der Waals surface area contributed by atoms with Crippen LogP contribution in [0.3, 0.4) is 0 Å². The Kier molecular flexibility index (Phi) is 2.36. The average molecular weight is 191 g/mol. The Morgan fingerprint density at radius 1 is 1.43 bits per heavy atom. The maximum absolute atomic E-state index is 5.91. The predicted octanol–water partition coefficient (Wildman–Crippen LogP) is 2.97. The standard InChI is InChI=1S/C12H17NO/c1-4-10-9(3)13-12-8(2)6-5-7-11(12)14-10/h5-7,9-10,13H,4H2,1-3H3. The summed E-state index contributed by atoms with van der Waals surface area (Å²) in [6.45, 7) is 6.43. The van der Waals surface area contributed by atoms with Crippen molar-refractivity contribution in [1.29, 1.82) is 0 Å². The third-order valence-corrected chi connectivity index (χ3v) is 2.84. The van der Waals surface area contributed by atoms with Gasteiger partial charge in [0, 0.05) is 0 Å². The molecular formula is C12H17NO. The molecule has 1 aromatic rings. The zero-order valence-electron chi connectivity index (χ0n) is 9.00. The lowest BCUT2D eigenvalue weighted by Crippen LogP contribution is -2.38. The predicted molar refractivity (Wildman–Crippen MR) is 59.0 cm³/mol. The second-order valence-electron chi connectivity index (χ2n) is 3.95. The lowest BCUT2D eigenvalue weighted by atomic mass is 10.1. The van der Waals surface area contributed by atoms with Gasteiger partial charge in [0.1, 0.15) is 11.9 Å². The van der Waals surface area contributed by atoms with Crippen molar-refractivity contribution in [2.75, 3.05) is 5.32 Å². The Balaban J connectivity index is 2.35. The number of rotatable bonds is 1. The molecule has 1 heterocycles. The molecule has 2 nitrogen and oxygen atoms in total. The highest BCUT2D eigenvalue weighted by Crippen LogP contribution is 2.34. The van der Waals surface area contributed by atoms with Crippen LogP contribution in [0.5, 0.6) is 5.75 Å². The van der Waals surface area contributed by atoms with Crippen LogP contribution >= 0.6 is 0 Å². The second-order valence-corrected chi connectivity index (χ2v) is 3.95. The van der Waals surface area contributed by atoms with Crippen molar-refractivity contribution in [2.45, 2.75) is 39.3 Å². The Hall–Kier alpha value is -1.18. The van der Waals surface area contributed by atoms with E-state index in [1.165, 1.54) is 5.56 Å². The van der Waals surface area contributed by atoms with Crippen LogP contribution in [0.4, 0.5) is 5.69 Å². The molecule has 0 bridgehead atoms. The van der Waals surface area contributed by atoms with E-state index in [1.807, 2.05) is 12.1 Å². The zero-order chi connectivity index (χ0) is 10.1. The number of fused-ring (bicyclic) bond motifs is 1. The van der Waals surface area contributed by atoms with Gasteiger partial charge in [0.15, 0.2) is 0 Å². The first kappa shape index (κ1) is 9.38. The molecule has 0 aromatic heterocycles. The molecule has 0 aliphatic carbocycles. The summed E-state index contributed by atoms with van der Waals surface area (Å²) in [6, 6.07) is 6.57. The molecule has 0 saturated heterocycles. The zero-order valence-corrected chi connectivity index (χ0v) is 9.00. The molecule has 1 aliphatic heterocycles. The third kappa shape index (κ3) is 1.45. The summed E-state index contributed by atoms with van der Waals surface area (Å²) in [5.74, 6) is 0.995. The molecule has 0 radical (unpaired) electrons. The van der Waals surface area contributed by atoms with E-state index in [-0.39, 0.29) is 0 Å². The number of hydrogen-bond acceptors (Lipinski definition) is 2. The Morgan fingerprint density at radius 3 is 2.93 bits per heavy atom. The quantitative estimate of drug-likeness (QED) is 0.736. The molecule has 2 atom stereocenters. The second kappa shape index (κ2) is 3.52. The molecule has 0 saturated carbocycles. The minimum atomic E-state index is 0.296. The SMILES string of the molecule is CCC1Oc2cccc(C)c2NC1C. The number of anilines is 1. The van der Waals surface area contributed by atoms with Crippen LogP contribution in [-0.2, 0) is 0 Å². The molecule has 76 valence electrons. The average Bonchev–Trinajstić information content (AvgIpc) is 2.19. The fourth-order valence-electron chi connectivity index (χ4n) is 1.95. The smallest absolute Gasteiger partial charge is 0.143 e. The van der Waals surface area contributed by atoms with Crippen molar-refractivity contribution in [3.8, 4) is 5.75 Å². The van der Waals surface area contributed by atoms with Gasteiger partial charge in [0.25, 0.3) is 0 Å². The number of benzene rings is 1. The van der Waals surface area contributed by atoms with Crippen molar-refractivity contribution >= 4 is 5.69 Å². The fourth-order valence-corrected chi connectivity index (χ4v) is 1.95. The van der Waals surface area contributed by atoms with Crippen molar-refractivity contribution in [1.82, 2.24) is 0 Å². The van der Waals surface area contributed by atoms with Crippen molar-refractivity contribution in [2.24, 2.45) is 0 Å². The summed E-state index contributed by atoms with van der Waals surface area (Å²) in [6.07, 6.45) is 1.34. The lowest BCUT2D eigenvalue weighted by Gasteiger charge is -2.33. The maximum Gasteiger partial charge on any atom is 0.143 e. The summed E-state index contributed by atoms with van der Waals surface area (Å²) < 4.78 is 5.91. The number of nitrogens with one attached hydrogen (secondary N) is 1. The van der Waals surface area contributed by atoms with E-state index in [2.05, 4.69) is 32.2 Å². The van der Waals surface area contributed by atoms with Gasteiger partial charge < -0.3 is 10.1 Å². The normalized spacial score (nSPS) is 24.8. The van der Waals surface area contributed by atoms with Crippen molar-refractivity contribution in [3.05, 3.63) is 23.8 Å². The molecule has 0 fully saturated rings. The summed E-state index contributed by atoms with van der Waals surface area (Å²) in [5, 5.41) is 3.50. The van der Waals surface area contributed by atoms with Gasteiger partial charge in [-0.1, -0.05) is 19.1 Å². The van der Waals surface area contributed by atoms with Gasteiger partial charge in [0.05, 0.1) is 11.7 Å². The van der Waals surface area contributed by atoms with E-state index in [0.717, 1.165) is 17.9 Å². The topological polar surface area (TPSA) is 21.3 Å². The summed E-state index contributed by atoms with van der Waals surface area (Å²) in [4.78, 5) is 0. The van der Waals surface area contributed by atoms with Crippen molar-refractivity contribution in [3.63, 3.8) is 0 Å². The molecule has 14 heavy (non-hydrogen) atoms. The first-order valence-electron chi connectivity index (χ1n) is 5.25.